The van der Waals surface area contributed by atoms with Gasteiger partial charge in [-0.3, -0.25) is 0 Å². The number of unbranched alkanes of at least 4 members (excludes halogenated alkanes) is 18. The summed E-state index contributed by atoms with van der Waals surface area (Å²) >= 11 is 0. The van der Waals surface area contributed by atoms with Crippen LogP contribution < -0.4 is 0 Å². The van der Waals surface area contributed by atoms with E-state index in [0.29, 0.717) is 0 Å². The first-order valence-electron chi connectivity index (χ1n) is 21.6. The molecule has 268 valence electrons. The molecule has 6 atom stereocenters. The summed E-state index contributed by atoms with van der Waals surface area (Å²) in [4.78, 5) is 0. The highest BCUT2D eigenvalue weighted by Gasteiger charge is 2.52. The van der Waals surface area contributed by atoms with Crippen molar-refractivity contribution < 1.29 is 4.48 Å². The molecule has 0 N–H and O–H groups in total. The Hall–Kier alpha value is -0.0400. The molecule has 0 aromatic heterocycles. The van der Waals surface area contributed by atoms with Crippen molar-refractivity contribution in [3.63, 3.8) is 0 Å². The fourth-order valence-corrected chi connectivity index (χ4v) is 10.3. The lowest BCUT2D eigenvalue weighted by molar-refractivity contribution is -0.984. The molecular formula is C44H88N+. The summed E-state index contributed by atoms with van der Waals surface area (Å²) in [6.07, 6.45) is 38.2. The second-order valence-electron chi connectivity index (χ2n) is 17.7. The van der Waals surface area contributed by atoms with Crippen LogP contribution in [-0.2, 0) is 0 Å². The van der Waals surface area contributed by atoms with E-state index >= 15 is 0 Å². The van der Waals surface area contributed by atoms with Gasteiger partial charge in [-0.25, -0.2) is 0 Å². The van der Waals surface area contributed by atoms with Gasteiger partial charge in [-0.15, -0.1) is 0 Å². The molecule has 2 aliphatic carbocycles. The van der Waals surface area contributed by atoms with Gasteiger partial charge >= 0.3 is 0 Å². The number of nitrogens with zero attached hydrogens (tertiary/aromatic N) is 1. The van der Waals surface area contributed by atoms with Crippen molar-refractivity contribution in [1.29, 1.82) is 0 Å². The molecule has 2 fully saturated rings. The SMILES string of the molecule is CCCCCCCCCCCC[N+](CCCCCCCCCCCC)(C1CC(C)CCC1C(C)C)C1CC(C)CCC1C(C)C. The Kier molecular flexibility index (Phi) is 22.1. The van der Waals surface area contributed by atoms with E-state index in [-0.39, 0.29) is 0 Å². The Labute approximate surface area is 286 Å². The van der Waals surface area contributed by atoms with Gasteiger partial charge in [-0.1, -0.05) is 158 Å². The molecule has 1 nitrogen and oxygen atoms in total. The summed E-state index contributed by atoms with van der Waals surface area (Å²) in [7, 11) is 0. The molecule has 0 heterocycles. The molecule has 0 aromatic rings. The summed E-state index contributed by atoms with van der Waals surface area (Å²) < 4.78 is 1.54. The van der Waals surface area contributed by atoms with Gasteiger partial charge in [-0.05, 0) is 75.0 Å². The number of hydrogen-bond acceptors (Lipinski definition) is 0. The minimum atomic E-state index is 0.832. The number of rotatable bonds is 26. The highest BCUT2D eigenvalue weighted by atomic mass is 15.4. The Bertz CT molecular complexity index is 622. The average molecular weight is 631 g/mol. The Morgan fingerprint density at radius 1 is 0.422 bits per heavy atom. The fourth-order valence-electron chi connectivity index (χ4n) is 10.3. The van der Waals surface area contributed by atoms with Gasteiger partial charge in [0.2, 0.25) is 0 Å². The van der Waals surface area contributed by atoms with E-state index in [0.717, 1.165) is 47.6 Å². The summed E-state index contributed by atoms with van der Waals surface area (Å²) in [6.45, 7) is 23.3. The maximum Gasteiger partial charge on any atom is 0.0925 e. The van der Waals surface area contributed by atoms with Crippen LogP contribution in [0.15, 0.2) is 0 Å². The van der Waals surface area contributed by atoms with Gasteiger partial charge in [0.05, 0.1) is 25.2 Å². The Balaban J connectivity index is 2.19. The predicted molar refractivity (Wildman–Crippen MR) is 204 cm³/mol. The Morgan fingerprint density at radius 2 is 0.711 bits per heavy atom. The minimum absolute atomic E-state index is 0.832. The molecule has 2 aliphatic rings. The fraction of sp³-hybridized carbons (Fsp3) is 1.00. The predicted octanol–water partition coefficient (Wildman–Crippen LogP) is 14.6. The molecule has 45 heavy (non-hydrogen) atoms. The maximum atomic E-state index is 2.61. The zero-order valence-electron chi connectivity index (χ0n) is 32.9. The average Bonchev–Trinajstić information content (AvgIpc) is 3.01. The molecule has 0 amide bonds. The largest absolute Gasteiger partial charge is 0.318 e. The van der Waals surface area contributed by atoms with Crippen molar-refractivity contribution in [1.82, 2.24) is 0 Å². The van der Waals surface area contributed by atoms with Crippen molar-refractivity contribution in [2.75, 3.05) is 13.1 Å². The van der Waals surface area contributed by atoms with Crippen LogP contribution >= 0.6 is 0 Å². The summed E-state index contributed by atoms with van der Waals surface area (Å²) in [5, 5.41) is 0. The monoisotopic (exact) mass is 631 g/mol. The third-order valence-electron chi connectivity index (χ3n) is 13.2. The third kappa shape index (κ3) is 14.9. The lowest BCUT2D eigenvalue weighted by Gasteiger charge is -2.59. The number of quaternary nitrogens is 1. The molecule has 0 bridgehead atoms. The molecule has 2 saturated carbocycles. The van der Waals surface area contributed by atoms with Gasteiger partial charge in [0.15, 0.2) is 0 Å². The molecule has 0 aromatic carbocycles. The second kappa shape index (κ2) is 24.2. The first kappa shape index (κ1) is 41.1. The van der Waals surface area contributed by atoms with Crippen LogP contribution in [0.3, 0.4) is 0 Å². The summed E-state index contributed by atoms with van der Waals surface area (Å²) in [5.41, 5.74) is 0. The number of hydrogen-bond donors (Lipinski definition) is 0. The van der Waals surface area contributed by atoms with E-state index in [1.807, 2.05) is 0 Å². The van der Waals surface area contributed by atoms with E-state index in [1.165, 1.54) is 185 Å². The minimum Gasteiger partial charge on any atom is -0.318 e. The van der Waals surface area contributed by atoms with Crippen LogP contribution in [0, 0.1) is 35.5 Å². The Morgan fingerprint density at radius 3 is 1.00 bits per heavy atom. The molecule has 2 rings (SSSR count). The normalized spacial score (nSPS) is 26.3. The van der Waals surface area contributed by atoms with Crippen LogP contribution in [0.2, 0.25) is 0 Å². The van der Waals surface area contributed by atoms with Crippen molar-refractivity contribution in [3.05, 3.63) is 0 Å². The molecule has 0 spiro atoms. The highest BCUT2D eigenvalue weighted by Crippen LogP contribution is 2.48. The molecule has 6 unspecified atom stereocenters. The first-order valence-corrected chi connectivity index (χ1v) is 21.6. The van der Waals surface area contributed by atoms with E-state index in [2.05, 4.69) is 55.4 Å². The summed E-state index contributed by atoms with van der Waals surface area (Å²) in [5.74, 6) is 5.36. The van der Waals surface area contributed by atoms with Crippen molar-refractivity contribution >= 4 is 0 Å². The van der Waals surface area contributed by atoms with Crippen LogP contribution in [0.5, 0.6) is 0 Å². The molecule has 0 saturated heterocycles. The maximum absolute atomic E-state index is 2.61. The van der Waals surface area contributed by atoms with Crippen LogP contribution in [0.4, 0.5) is 0 Å². The van der Waals surface area contributed by atoms with Crippen molar-refractivity contribution in [2.24, 2.45) is 35.5 Å². The van der Waals surface area contributed by atoms with Gasteiger partial charge < -0.3 is 4.48 Å². The second-order valence-corrected chi connectivity index (χ2v) is 17.7. The standard InChI is InChI=1S/C44H88N/c1-9-11-13-15-17-19-21-23-25-27-33-45(43-35-39(7)29-31-41(43)37(3)4,44-36-40(8)30-32-42(44)38(5)6)34-28-26-24-22-20-18-16-14-12-10-2/h37-44H,9-36H2,1-8H3/q+1. The van der Waals surface area contributed by atoms with Crippen LogP contribution in [-0.4, -0.2) is 29.7 Å². The highest BCUT2D eigenvalue weighted by molar-refractivity contribution is 4.89. The third-order valence-corrected chi connectivity index (χ3v) is 13.2. The zero-order valence-corrected chi connectivity index (χ0v) is 32.9. The van der Waals surface area contributed by atoms with Crippen LogP contribution in [0.1, 0.15) is 222 Å². The van der Waals surface area contributed by atoms with Crippen molar-refractivity contribution in [2.45, 2.75) is 234 Å². The summed E-state index contributed by atoms with van der Waals surface area (Å²) in [6, 6.07) is 1.81. The zero-order chi connectivity index (χ0) is 32.9. The van der Waals surface area contributed by atoms with E-state index in [1.54, 1.807) is 0 Å². The topological polar surface area (TPSA) is 0 Å². The van der Waals surface area contributed by atoms with Gasteiger partial charge in [0.25, 0.3) is 0 Å². The quantitative estimate of drug-likeness (QED) is 0.0659. The molecule has 0 aliphatic heterocycles. The smallest absolute Gasteiger partial charge is 0.0925 e. The van der Waals surface area contributed by atoms with Crippen molar-refractivity contribution in [3.8, 4) is 0 Å². The lowest BCUT2D eigenvalue weighted by atomic mass is 9.67. The van der Waals surface area contributed by atoms with Gasteiger partial charge in [0.1, 0.15) is 0 Å². The lowest BCUT2D eigenvalue weighted by Crippen LogP contribution is -2.69. The van der Waals surface area contributed by atoms with E-state index < -0.39 is 0 Å². The van der Waals surface area contributed by atoms with Gasteiger partial charge in [0, 0.05) is 24.7 Å². The van der Waals surface area contributed by atoms with E-state index in [4.69, 9.17) is 0 Å². The molecule has 1 heteroatoms. The first-order chi connectivity index (χ1) is 21.8. The molecular weight excluding hydrogens is 542 g/mol. The molecule has 0 radical (unpaired) electrons. The van der Waals surface area contributed by atoms with Gasteiger partial charge in [-0.2, -0.15) is 0 Å². The van der Waals surface area contributed by atoms with E-state index in [9.17, 15) is 0 Å². The van der Waals surface area contributed by atoms with Crippen LogP contribution in [0.25, 0.3) is 0 Å².